The molecule has 0 spiro atoms. The van der Waals surface area contributed by atoms with Gasteiger partial charge >= 0.3 is 10.9 Å². The van der Waals surface area contributed by atoms with Crippen LogP contribution in [0.3, 0.4) is 0 Å². The Hall–Kier alpha value is -1.82. The molecule has 0 atom stereocenters. The number of hydrogen-bond donors (Lipinski definition) is 0. The zero-order valence-corrected chi connectivity index (χ0v) is 11.7. The maximum Gasteiger partial charge on any atom is 0.396 e. The predicted octanol–water partition coefficient (Wildman–Crippen LogP) is 2.58. The number of esters is 1. The van der Waals surface area contributed by atoms with Crippen molar-refractivity contribution in [3.05, 3.63) is 27.9 Å². The summed E-state index contributed by atoms with van der Waals surface area (Å²) in [6, 6.07) is 4.94. The zero-order valence-electron chi connectivity index (χ0n) is 10.9. The third-order valence-corrected chi connectivity index (χ3v) is 2.87. The molecule has 0 aliphatic heterocycles. The molecule has 0 fully saturated rings. The molecule has 1 aromatic carbocycles. The normalized spacial score (nSPS) is 11.5. The third kappa shape index (κ3) is 3.82. The average Bonchev–Trinajstić information content (AvgIpc) is 2.63. The SMILES string of the molecule is CC(C)(C)OC(=O)COc1ccc2oc(=O)sc2c1. The van der Waals surface area contributed by atoms with E-state index in [2.05, 4.69) is 0 Å². The summed E-state index contributed by atoms with van der Waals surface area (Å²) >= 11 is 0.992. The van der Waals surface area contributed by atoms with Crippen LogP contribution in [0.25, 0.3) is 10.3 Å². The Kier molecular flexibility index (Phi) is 3.61. The number of carbonyl (C=O) groups excluding carboxylic acids is 1. The Morgan fingerprint density at radius 1 is 1.37 bits per heavy atom. The maximum absolute atomic E-state index is 11.5. The van der Waals surface area contributed by atoms with Crippen LogP contribution in [0.4, 0.5) is 0 Å². The molecule has 0 saturated carbocycles. The molecule has 0 bridgehead atoms. The minimum Gasteiger partial charge on any atom is -0.482 e. The first-order chi connectivity index (χ1) is 8.83. The first kappa shape index (κ1) is 13.6. The fraction of sp³-hybridized carbons (Fsp3) is 0.385. The van der Waals surface area contributed by atoms with Crippen LogP contribution in [-0.4, -0.2) is 18.2 Å². The van der Waals surface area contributed by atoms with E-state index in [0.717, 1.165) is 11.3 Å². The van der Waals surface area contributed by atoms with Gasteiger partial charge in [-0.1, -0.05) is 11.3 Å². The standard InChI is InChI=1S/C13H14O5S/c1-13(2,3)18-11(14)7-16-8-4-5-9-10(6-8)19-12(15)17-9/h4-6H,7H2,1-3H3. The van der Waals surface area contributed by atoms with Crippen LogP contribution in [0.1, 0.15) is 20.8 Å². The fourth-order valence-electron chi connectivity index (χ4n) is 1.46. The van der Waals surface area contributed by atoms with Crippen LogP contribution < -0.4 is 9.68 Å². The van der Waals surface area contributed by atoms with Gasteiger partial charge in [-0.3, -0.25) is 0 Å². The molecule has 5 nitrogen and oxygen atoms in total. The summed E-state index contributed by atoms with van der Waals surface area (Å²) < 4.78 is 16.1. The highest BCUT2D eigenvalue weighted by Gasteiger charge is 2.16. The molecule has 0 radical (unpaired) electrons. The minimum absolute atomic E-state index is 0.171. The van der Waals surface area contributed by atoms with E-state index in [-0.39, 0.29) is 11.5 Å². The van der Waals surface area contributed by atoms with Crippen LogP contribution in [0.2, 0.25) is 0 Å². The van der Waals surface area contributed by atoms with E-state index in [4.69, 9.17) is 13.9 Å². The fourth-order valence-corrected chi connectivity index (χ4v) is 2.15. The van der Waals surface area contributed by atoms with Crippen LogP contribution in [0, 0.1) is 0 Å². The molecule has 0 aliphatic rings. The van der Waals surface area contributed by atoms with Crippen molar-refractivity contribution < 1.29 is 18.7 Å². The molecule has 6 heteroatoms. The molecule has 0 unspecified atom stereocenters. The van der Waals surface area contributed by atoms with Gasteiger partial charge in [-0.25, -0.2) is 9.59 Å². The van der Waals surface area contributed by atoms with Crippen molar-refractivity contribution in [1.29, 1.82) is 0 Å². The molecule has 2 aromatic rings. The van der Waals surface area contributed by atoms with Gasteiger partial charge in [-0.05, 0) is 32.9 Å². The smallest absolute Gasteiger partial charge is 0.396 e. The van der Waals surface area contributed by atoms with Gasteiger partial charge in [-0.15, -0.1) is 0 Å². The predicted molar refractivity (Wildman–Crippen MR) is 71.7 cm³/mol. The molecule has 0 amide bonds. The lowest BCUT2D eigenvalue weighted by Gasteiger charge is -2.19. The number of benzene rings is 1. The summed E-state index contributed by atoms with van der Waals surface area (Å²) in [6.45, 7) is 5.20. The quantitative estimate of drug-likeness (QED) is 0.809. The van der Waals surface area contributed by atoms with Crippen molar-refractivity contribution in [2.24, 2.45) is 0 Å². The monoisotopic (exact) mass is 282 g/mol. The van der Waals surface area contributed by atoms with Crippen LogP contribution in [0.5, 0.6) is 5.75 Å². The number of carbonyl (C=O) groups is 1. The highest BCUT2D eigenvalue weighted by Crippen LogP contribution is 2.22. The van der Waals surface area contributed by atoms with Gasteiger partial charge in [0, 0.05) is 6.07 Å². The van der Waals surface area contributed by atoms with Gasteiger partial charge in [0.25, 0.3) is 0 Å². The molecule has 2 rings (SSSR count). The number of fused-ring (bicyclic) bond motifs is 1. The van der Waals surface area contributed by atoms with Crippen molar-refractivity contribution in [2.75, 3.05) is 6.61 Å². The van der Waals surface area contributed by atoms with Gasteiger partial charge in [0.1, 0.15) is 16.9 Å². The summed E-state index contributed by atoms with van der Waals surface area (Å²) in [7, 11) is 0. The van der Waals surface area contributed by atoms with Gasteiger partial charge in [0.05, 0.1) is 4.70 Å². The molecule has 0 saturated heterocycles. The summed E-state index contributed by atoms with van der Waals surface area (Å²) in [6.07, 6.45) is 0. The summed E-state index contributed by atoms with van der Waals surface area (Å²) in [5.41, 5.74) is -0.0197. The molecule has 0 aliphatic carbocycles. The summed E-state index contributed by atoms with van der Waals surface area (Å²) in [4.78, 5) is 22.2. The Morgan fingerprint density at radius 2 is 2.11 bits per heavy atom. The lowest BCUT2D eigenvalue weighted by atomic mass is 10.2. The second-order valence-corrected chi connectivity index (χ2v) is 5.92. The molecule has 19 heavy (non-hydrogen) atoms. The van der Waals surface area contributed by atoms with Crippen LogP contribution in [0.15, 0.2) is 27.4 Å². The van der Waals surface area contributed by atoms with Crippen molar-refractivity contribution >= 4 is 27.6 Å². The maximum atomic E-state index is 11.5. The van der Waals surface area contributed by atoms with E-state index >= 15 is 0 Å². The molecule has 1 aromatic heterocycles. The topological polar surface area (TPSA) is 65.7 Å². The Labute approximate surface area is 113 Å². The zero-order chi connectivity index (χ0) is 14.0. The lowest BCUT2D eigenvalue weighted by Crippen LogP contribution is -2.27. The van der Waals surface area contributed by atoms with E-state index in [0.29, 0.717) is 16.0 Å². The summed E-state index contributed by atoms with van der Waals surface area (Å²) in [5, 5.41) is 0. The Morgan fingerprint density at radius 3 is 2.79 bits per heavy atom. The van der Waals surface area contributed by atoms with E-state index in [1.54, 1.807) is 39.0 Å². The summed E-state index contributed by atoms with van der Waals surface area (Å²) in [5.74, 6) is 0.0587. The second-order valence-electron chi connectivity index (χ2n) is 4.94. The van der Waals surface area contributed by atoms with E-state index in [1.165, 1.54) is 0 Å². The molecule has 102 valence electrons. The van der Waals surface area contributed by atoms with Gasteiger partial charge < -0.3 is 13.9 Å². The number of hydrogen-bond acceptors (Lipinski definition) is 6. The molecule has 1 heterocycles. The van der Waals surface area contributed by atoms with E-state index in [1.807, 2.05) is 0 Å². The molecular weight excluding hydrogens is 268 g/mol. The van der Waals surface area contributed by atoms with Gasteiger partial charge in [0.15, 0.2) is 6.61 Å². The number of rotatable bonds is 3. The lowest BCUT2D eigenvalue weighted by molar-refractivity contribution is -0.157. The Balaban J connectivity index is 2.01. The third-order valence-electron chi connectivity index (χ3n) is 2.08. The molecule has 0 N–H and O–H groups in total. The second kappa shape index (κ2) is 5.05. The van der Waals surface area contributed by atoms with Crippen molar-refractivity contribution in [1.82, 2.24) is 0 Å². The van der Waals surface area contributed by atoms with Crippen molar-refractivity contribution in [3.63, 3.8) is 0 Å². The number of ether oxygens (including phenoxy) is 2. The first-order valence-electron chi connectivity index (χ1n) is 5.72. The van der Waals surface area contributed by atoms with Gasteiger partial charge in [-0.2, -0.15) is 0 Å². The molecular formula is C13H14O5S. The minimum atomic E-state index is -0.533. The van der Waals surface area contributed by atoms with Crippen molar-refractivity contribution in [2.45, 2.75) is 26.4 Å². The van der Waals surface area contributed by atoms with Crippen LogP contribution >= 0.6 is 11.3 Å². The van der Waals surface area contributed by atoms with Gasteiger partial charge in [0.2, 0.25) is 0 Å². The highest BCUT2D eigenvalue weighted by molar-refractivity contribution is 7.16. The van der Waals surface area contributed by atoms with Crippen LogP contribution in [-0.2, 0) is 9.53 Å². The van der Waals surface area contributed by atoms with E-state index in [9.17, 15) is 9.59 Å². The Bertz CT molecular complexity index is 647. The van der Waals surface area contributed by atoms with E-state index < -0.39 is 11.6 Å². The largest absolute Gasteiger partial charge is 0.482 e. The average molecular weight is 282 g/mol. The first-order valence-corrected chi connectivity index (χ1v) is 6.53. The highest BCUT2D eigenvalue weighted by atomic mass is 32.1. The van der Waals surface area contributed by atoms with Crippen molar-refractivity contribution in [3.8, 4) is 5.75 Å².